The van der Waals surface area contributed by atoms with E-state index in [-0.39, 0.29) is 11.8 Å². The second-order valence-corrected chi connectivity index (χ2v) is 7.08. The third-order valence-electron chi connectivity index (χ3n) is 5.21. The molecule has 1 saturated heterocycles. The smallest absolute Gasteiger partial charge is 0.253 e. The van der Waals surface area contributed by atoms with Gasteiger partial charge >= 0.3 is 0 Å². The maximum Gasteiger partial charge on any atom is 0.253 e. The molecule has 1 aromatic heterocycles. The van der Waals surface area contributed by atoms with Crippen LogP contribution in [0.2, 0.25) is 0 Å². The van der Waals surface area contributed by atoms with Gasteiger partial charge in [-0.05, 0) is 55.7 Å². The first-order valence-electron chi connectivity index (χ1n) is 9.48. The maximum atomic E-state index is 12.9. The first kappa shape index (κ1) is 18.2. The molecule has 144 valence electrons. The zero-order valence-electron chi connectivity index (χ0n) is 16.1. The van der Waals surface area contributed by atoms with Crippen LogP contribution in [0.1, 0.15) is 40.6 Å². The fraction of sp³-hybridized carbons (Fsp3) is 0.318. The van der Waals surface area contributed by atoms with Crippen LogP contribution in [0.15, 0.2) is 52.9 Å². The highest BCUT2D eigenvalue weighted by Gasteiger charge is 2.29. The van der Waals surface area contributed by atoms with E-state index in [2.05, 4.69) is 10.2 Å². The summed E-state index contributed by atoms with van der Waals surface area (Å²) in [5.74, 6) is 1.95. The number of carbonyl (C=O) groups excluding carboxylic acids is 1. The molecule has 3 aromatic rings. The number of ether oxygens (including phenoxy) is 1. The molecule has 2 aromatic carbocycles. The maximum absolute atomic E-state index is 12.9. The lowest BCUT2D eigenvalue weighted by Gasteiger charge is -2.31. The SMILES string of the molecule is COc1ccc(C(=O)N2CCCC(c3nnc(-c4ccccc4C)o3)C2)cc1. The van der Waals surface area contributed by atoms with Crippen LogP contribution in [0.3, 0.4) is 0 Å². The molecular formula is C22H23N3O3. The Hall–Kier alpha value is -3.15. The van der Waals surface area contributed by atoms with Crippen LogP contribution in [0, 0.1) is 6.92 Å². The van der Waals surface area contributed by atoms with Gasteiger partial charge in [0, 0.05) is 24.2 Å². The summed E-state index contributed by atoms with van der Waals surface area (Å²) in [6, 6.07) is 15.2. The molecule has 1 atom stereocenters. The van der Waals surface area contributed by atoms with Gasteiger partial charge in [-0.3, -0.25) is 4.79 Å². The predicted octanol–water partition coefficient (Wildman–Crippen LogP) is 4.07. The van der Waals surface area contributed by atoms with Gasteiger partial charge in [0.25, 0.3) is 5.91 Å². The van der Waals surface area contributed by atoms with Crippen LogP contribution in [-0.4, -0.2) is 41.2 Å². The minimum absolute atomic E-state index is 0.0194. The molecule has 1 unspecified atom stereocenters. The summed E-state index contributed by atoms with van der Waals surface area (Å²) in [6.45, 7) is 3.34. The summed E-state index contributed by atoms with van der Waals surface area (Å²) >= 11 is 0. The van der Waals surface area contributed by atoms with Crippen LogP contribution in [0.25, 0.3) is 11.5 Å². The van der Waals surface area contributed by atoms with Crippen molar-refractivity contribution in [3.8, 4) is 17.2 Å². The normalized spacial score (nSPS) is 16.8. The van der Waals surface area contributed by atoms with Crippen molar-refractivity contribution in [2.45, 2.75) is 25.7 Å². The number of aryl methyl sites for hydroxylation is 1. The molecule has 6 nitrogen and oxygen atoms in total. The molecule has 0 saturated carbocycles. The zero-order valence-corrected chi connectivity index (χ0v) is 16.1. The summed E-state index contributed by atoms with van der Waals surface area (Å²) in [4.78, 5) is 14.7. The van der Waals surface area contributed by atoms with Crippen molar-refractivity contribution in [3.05, 3.63) is 65.5 Å². The van der Waals surface area contributed by atoms with Gasteiger partial charge in [0.05, 0.1) is 13.0 Å². The van der Waals surface area contributed by atoms with Crippen molar-refractivity contribution in [1.82, 2.24) is 15.1 Å². The first-order chi connectivity index (χ1) is 13.7. The molecule has 28 heavy (non-hydrogen) atoms. The van der Waals surface area contributed by atoms with Crippen molar-refractivity contribution in [2.75, 3.05) is 20.2 Å². The van der Waals surface area contributed by atoms with E-state index in [0.717, 1.165) is 36.3 Å². The largest absolute Gasteiger partial charge is 0.497 e. The molecular weight excluding hydrogens is 354 g/mol. The average molecular weight is 377 g/mol. The lowest BCUT2D eigenvalue weighted by Crippen LogP contribution is -2.39. The van der Waals surface area contributed by atoms with Gasteiger partial charge in [-0.25, -0.2) is 0 Å². The number of nitrogens with zero attached hydrogens (tertiary/aromatic N) is 3. The number of methoxy groups -OCH3 is 1. The molecule has 1 aliphatic rings. The highest BCUT2D eigenvalue weighted by atomic mass is 16.5. The summed E-state index contributed by atoms with van der Waals surface area (Å²) in [6.07, 6.45) is 1.84. The molecule has 0 N–H and O–H groups in total. The van der Waals surface area contributed by atoms with Gasteiger partial charge in [0.2, 0.25) is 11.8 Å². The van der Waals surface area contributed by atoms with Gasteiger partial charge in [-0.15, -0.1) is 10.2 Å². The van der Waals surface area contributed by atoms with E-state index >= 15 is 0 Å². The Balaban J connectivity index is 1.49. The Bertz CT molecular complexity index is 965. The quantitative estimate of drug-likeness (QED) is 0.685. The molecule has 0 bridgehead atoms. The van der Waals surface area contributed by atoms with Crippen molar-refractivity contribution in [3.63, 3.8) is 0 Å². The molecule has 1 fully saturated rings. The van der Waals surface area contributed by atoms with E-state index in [0.29, 0.717) is 23.9 Å². The number of carbonyl (C=O) groups is 1. The molecule has 4 rings (SSSR count). The standard InChI is InChI=1S/C22H23N3O3/c1-15-6-3-4-8-19(15)21-24-23-20(28-21)17-7-5-13-25(14-17)22(26)16-9-11-18(27-2)12-10-16/h3-4,6,8-12,17H,5,7,13-14H2,1-2H3. The van der Waals surface area contributed by atoms with Crippen LogP contribution in [0.5, 0.6) is 5.75 Å². The summed E-state index contributed by atoms with van der Waals surface area (Å²) in [5, 5.41) is 8.51. The average Bonchev–Trinajstić information content (AvgIpc) is 3.24. The number of amides is 1. The third-order valence-corrected chi connectivity index (χ3v) is 5.21. The van der Waals surface area contributed by atoms with E-state index in [9.17, 15) is 4.79 Å². The zero-order chi connectivity index (χ0) is 19.5. The van der Waals surface area contributed by atoms with Gasteiger partial charge in [-0.2, -0.15) is 0 Å². The number of hydrogen-bond donors (Lipinski definition) is 0. The summed E-state index contributed by atoms with van der Waals surface area (Å²) in [7, 11) is 1.61. The van der Waals surface area contributed by atoms with Gasteiger partial charge < -0.3 is 14.1 Å². The molecule has 6 heteroatoms. The number of piperidine rings is 1. The number of aromatic nitrogens is 2. The fourth-order valence-corrected chi connectivity index (χ4v) is 3.60. The molecule has 1 amide bonds. The Kier molecular flexibility index (Phi) is 5.10. The lowest BCUT2D eigenvalue weighted by molar-refractivity contribution is 0.0698. The molecule has 0 radical (unpaired) electrons. The van der Waals surface area contributed by atoms with E-state index < -0.39 is 0 Å². The molecule has 1 aliphatic heterocycles. The number of rotatable bonds is 4. The highest BCUT2D eigenvalue weighted by Crippen LogP contribution is 2.30. The Labute approximate surface area is 164 Å². The van der Waals surface area contributed by atoms with Crippen LogP contribution in [0.4, 0.5) is 0 Å². The van der Waals surface area contributed by atoms with E-state index in [1.165, 1.54) is 0 Å². The van der Waals surface area contributed by atoms with Crippen molar-refractivity contribution in [2.24, 2.45) is 0 Å². The second-order valence-electron chi connectivity index (χ2n) is 7.08. The summed E-state index contributed by atoms with van der Waals surface area (Å²) in [5.41, 5.74) is 2.70. The first-order valence-corrected chi connectivity index (χ1v) is 9.48. The van der Waals surface area contributed by atoms with Gasteiger partial charge in [-0.1, -0.05) is 18.2 Å². The van der Waals surface area contributed by atoms with Crippen LogP contribution < -0.4 is 4.74 Å². The third kappa shape index (κ3) is 3.63. The van der Waals surface area contributed by atoms with Gasteiger partial charge in [0.1, 0.15) is 5.75 Å². The molecule has 0 aliphatic carbocycles. The van der Waals surface area contributed by atoms with Gasteiger partial charge in [0.15, 0.2) is 0 Å². The lowest BCUT2D eigenvalue weighted by atomic mass is 9.97. The molecule has 0 spiro atoms. The number of benzene rings is 2. The van der Waals surface area contributed by atoms with E-state index in [1.807, 2.05) is 36.1 Å². The van der Waals surface area contributed by atoms with E-state index in [1.54, 1.807) is 31.4 Å². The number of hydrogen-bond acceptors (Lipinski definition) is 5. The highest BCUT2D eigenvalue weighted by molar-refractivity contribution is 5.94. The monoisotopic (exact) mass is 377 g/mol. The Morgan fingerprint density at radius 1 is 1.14 bits per heavy atom. The number of likely N-dealkylation sites (tertiary alicyclic amines) is 1. The Morgan fingerprint density at radius 3 is 2.68 bits per heavy atom. The van der Waals surface area contributed by atoms with Crippen LogP contribution >= 0.6 is 0 Å². The minimum Gasteiger partial charge on any atom is -0.497 e. The fourth-order valence-electron chi connectivity index (χ4n) is 3.60. The van der Waals surface area contributed by atoms with Crippen molar-refractivity contribution in [1.29, 1.82) is 0 Å². The topological polar surface area (TPSA) is 68.5 Å². The second kappa shape index (κ2) is 7.84. The Morgan fingerprint density at radius 2 is 1.93 bits per heavy atom. The van der Waals surface area contributed by atoms with Crippen LogP contribution in [-0.2, 0) is 0 Å². The summed E-state index contributed by atoms with van der Waals surface area (Å²) < 4.78 is 11.1. The predicted molar refractivity (Wildman–Crippen MR) is 105 cm³/mol. The van der Waals surface area contributed by atoms with E-state index in [4.69, 9.17) is 9.15 Å². The molecule has 2 heterocycles. The van der Waals surface area contributed by atoms with Crippen molar-refractivity contribution >= 4 is 5.91 Å². The minimum atomic E-state index is 0.0194. The van der Waals surface area contributed by atoms with Crippen molar-refractivity contribution < 1.29 is 13.9 Å².